The second kappa shape index (κ2) is 5.44. The molecule has 1 aromatic rings. The summed E-state index contributed by atoms with van der Waals surface area (Å²) < 4.78 is 0. The molecule has 16 heavy (non-hydrogen) atoms. The lowest BCUT2D eigenvalue weighted by Crippen LogP contribution is -2.22. The Morgan fingerprint density at radius 2 is 2.19 bits per heavy atom. The van der Waals surface area contributed by atoms with Gasteiger partial charge in [-0.05, 0) is 19.4 Å². The minimum atomic E-state index is -1.02. The van der Waals surface area contributed by atoms with Gasteiger partial charge in [-0.3, -0.25) is 0 Å². The summed E-state index contributed by atoms with van der Waals surface area (Å²) in [6, 6.07) is 1.47. The number of aryl methyl sites for hydroxylation is 1. The Morgan fingerprint density at radius 3 is 2.75 bits per heavy atom. The molecule has 0 fully saturated rings. The molecule has 0 spiro atoms. The molecular formula is C11H17N3O2. The molecule has 1 aromatic heterocycles. The van der Waals surface area contributed by atoms with Gasteiger partial charge in [-0.25, -0.2) is 14.8 Å². The molecule has 1 rings (SSSR count). The predicted molar refractivity (Wildman–Crippen MR) is 61.9 cm³/mol. The number of unbranched alkanes of at least 4 members (excludes halogenated alkanes) is 1. The normalized spacial score (nSPS) is 10.2. The predicted octanol–water partition coefficient (Wildman–Crippen LogP) is 1.72. The maximum Gasteiger partial charge on any atom is 0.354 e. The number of carbonyl (C=O) groups is 1. The van der Waals surface area contributed by atoms with E-state index in [4.69, 9.17) is 5.11 Å². The second-order valence-electron chi connectivity index (χ2n) is 3.77. The third-order valence-corrected chi connectivity index (χ3v) is 2.25. The van der Waals surface area contributed by atoms with E-state index < -0.39 is 5.97 Å². The van der Waals surface area contributed by atoms with Crippen molar-refractivity contribution in [2.24, 2.45) is 0 Å². The van der Waals surface area contributed by atoms with Crippen LogP contribution in [0.4, 0.5) is 5.95 Å². The van der Waals surface area contributed by atoms with Crippen molar-refractivity contribution in [1.82, 2.24) is 9.97 Å². The van der Waals surface area contributed by atoms with E-state index in [1.807, 2.05) is 11.9 Å². The zero-order chi connectivity index (χ0) is 12.1. The van der Waals surface area contributed by atoms with Crippen LogP contribution in [0.3, 0.4) is 0 Å². The molecule has 0 aromatic carbocycles. The summed E-state index contributed by atoms with van der Waals surface area (Å²) in [5.74, 6) is -0.540. The summed E-state index contributed by atoms with van der Waals surface area (Å²) in [6.07, 6.45) is 2.12. The molecular weight excluding hydrogens is 206 g/mol. The number of hydrogen-bond acceptors (Lipinski definition) is 4. The van der Waals surface area contributed by atoms with Crippen molar-refractivity contribution < 1.29 is 9.90 Å². The van der Waals surface area contributed by atoms with Crippen LogP contribution >= 0.6 is 0 Å². The van der Waals surface area contributed by atoms with Gasteiger partial charge in [0.25, 0.3) is 0 Å². The lowest BCUT2D eigenvalue weighted by molar-refractivity contribution is 0.0690. The van der Waals surface area contributed by atoms with Gasteiger partial charge >= 0.3 is 5.97 Å². The molecule has 0 aliphatic carbocycles. The Labute approximate surface area is 95.1 Å². The van der Waals surface area contributed by atoms with Crippen LogP contribution in [-0.2, 0) is 0 Å². The van der Waals surface area contributed by atoms with Gasteiger partial charge in [0.15, 0.2) is 5.69 Å². The zero-order valence-electron chi connectivity index (χ0n) is 9.90. The van der Waals surface area contributed by atoms with Crippen LogP contribution in [0, 0.1) is 6.92 Å². The molecule has 0 aliphatic heterocycles. The molecule has 5 heteroatoms. The molecule has 1 N–H and O–H groups in total. The van der Waals surface area contributed by atoms with Gasteiger partial charge in [0.05, 0.1) is 0 Å². The van der Waals surface area contributed by atoms with Crippen molar-refractivity contribution in [2.75, 3.05) is 18.5 Å². The number of nitrogens with zero attached hydrogens (tertiary/aromatic N) is 3. The molecule has 0 saturated carbocycles. The number of carboxylic acid groups (broad SMARTS) is 1. The van der Waals surface area contributed by atoms with E-state index in [9.17, 15) is 4.79 Å². The fourth-order valence-corrected chi connectivity index (χ4v) is 1.33. The van der Waals surface area contributed by atoms with E-state index in [2.05, 4.69) is 16.9 Å². The van der Waals surface area contributed by atoms with Crippen molar-refractivity contribution in [3.05, 3.63) is 17.5 Å². The topological polar surface area (TPSA) is 66.3 Å². The highest BCUT2D eigenvalue weighted by atomic mass is 16.4. The fraction of sp³-hybridized carbons (Fsp3) is 0.545. The van der Waals surface area contributed by atoms with Gasteiger partial charge in [-0.2, -0.15) is 0 Å². The summed E-state index contributed by atoms with van der Waals surface area (Å²) in [6.45, 7) is 4.71. The molecule has 0 atom stereocenters. The highest BCUT2D eigenvalue weighted by molar-refractivity contribution is 5.85. The Kier molecular flexibility index (Phi) is 4.22. The van der Waals surface area contributed by atoms with E-state index >= 15 is 0 Å². The van der Waals surface area contributed by atoms with Gasteiger partial charge in [-0.15, -0.1) is 0 Å². The molecule has 0 unspecified atom stereocenters. The average Bonchev–Trinajstić information content (AvgIpc) is 2.24. The SMILES string of the molecule is CCCCN(C)c1nc(C)cc(C(=O)O)n1. The summed E-state index contributed by atoms with van der Waals surface area (Å²) >= 11 is 0. The maximum absolute atomic E-state index is 10.8. The minimum absolute atomic E-state index is 0.0471. The summed E-state index contributed by atoms with van der Waals surface area (Å²) in [7, 11) is 1.87. The monoisotopic (exact) mass is 223 g/mol. The van der Waals surface area contributed by atoms with Crippen LogP contribution in [0.5, 0.6) is 0 Å². The third kappa shape index (κ3) is 3.18. The molecule has 0 radical (unpaired) electrons. The highest BCUT2D eigenvalue weighted by Gasteiger charge is 2.11. The first-order valence-electron chi connectivity index (χ1n) is 5.34. The number of carboxylic acids is 1. The fourth-order valence-electron chi connectivity index (χ4n) is 1.33. The van der Waals surface area contributed by atoms with Crippen molar-refractivity contribution in [1.29, 1.82) is 0 Å². The van der Waals surface area contributed by atoms with Crippen molar-refractivity contribution in [2.45, 2.75) is 26.7 Å². The average molecular weight is 223 g/mol. The van der Waals surface area contributed by atoms with E-state index in [-0.39, 0.29) is 5.69 Å². The Bertz CT molecular complexity index is 379. The Hall–Kier alpha value is -1.65. The molecule has 1 heterocycles. The van der Waals surface area contributed by atoms with Crippen LogP contribution in [0.15, 0.2) is 6.07 Å². The number of hydrogen-bond donors (Lipinski definition) is 1. The smallest absolute Gasteiger partial charge is 0.354 e. The van der Waals surface area contributed by atoms with Gasteiger partial charge in [-0.1, -0.05) is 13.3 Å². The summed E-state index contributed by atoms with van der Waals surface area (Å²) in [4.78, 5) is 20.9. The Morgan fingerprint density at radius 1 is 1.50 bits per heavy atom. The Balaban J connectivity index is 2.91. The van der Waals surface area contributed by atoms with Gasteiger partial charge in [0.1, 0.15) is 0 Å². The third-order valence-electron chi connectivity index (χ3n) is 2.25. The van der Waals surface area contributed by atoms with Crippen LogP contribution < -0.4 is 4.90 Å². The van der Waals surface area contributed by atoms with Crippen molar-refractivity contribution in [3.8, 4) is 0 Å². The molecule has 0 amide bonds. The van der Waals surface area contributed by atoms with Gasteiger partial charge in [0.2, 0.25) is 5.95 Å². The lowest BCUT2D eigenvalue weighted by atomic mass is 10.3. The quantitative estimate of drug-likeness (QED) is 0.823. The summed E-state index contributed by atoms with van der Waals surface area (Å²) in [5.41, 5.74) is 0.719. The zero-order valence-corrected chi connectivity index (χ0v) is 9.90. The van der Waals surface area contributed by atoms with E-state index in [0.717, 1.165) is 19.4 Å². The lowest BCUT2D eigenvalue weighted by Gasteiger charge is -2.17. The van der Waals surface area contributed by atoms with Crippen LogP contribution in [0.25, 0.3) is 0 Å². The molecule has 88 valence electrons. The first-order valence-corrected chi connectivity index (χ1v) is 5.34. The minimum Gasteiger partial charge on any atom is -0.477 e. The van der Waals surface area contributed by atoms with Gasteiger partial charge < -0.3 is 10.0 Å². The number of rotatable bonds is 5. The molecule has 5 nitrogen and oxygen atoms in total. The standard InChI is InChI=1S/C11H17N3O2/c1-4-5-6-14(3)11-12-8(2)7-9(13-11)10(15)16/h7H,4-6H2,1-3H3,(H,15,16). The van der Waals surface area contributed by atoms with E-state index in [1.54, 1.807) is 6.92 Å². The van der Waals surface area contributed by atoms with Crippen LogP contribution in [-0.4, -0.2) is 34.6 Å². The van der Waals surface area contributed by atoms with Crippen LogP contribution in [0.1, 0.15) is 35.9 Å². The molecule has 0 saturated heterocycles. The molecule has 0 bridgehead atoms. The largest absolute Gasteiger partial charge is 0.477 e. The van der Waals surface area contributed by atoms with Crippen molar-refractivity contribution in [3.63, 3.8) is 0 Å². The van der Waals surface area contributed by atoms with E-state index in [1.165, 1.54) is 6.07 Å². The number of aromatic nitrogens is 2. The molecule has 0 aliphatic rings. The number of aromatic carboxylic acids is 1. The second-order valence-corrected chi connectivity index (χ2v) is 3.77. The van der Waals surface area contributed by atoms with Crippen molar-refractivity contribution >= 4 is 11.9 Å². The summed E-state index contributed by atoms with van der Waals surface area (Å²) in [5, 5.41) is 8.88. The van der Waals surface area contributed by atoms with E-state index in [0.29, 0.717) is 11.6 Å². The van der Waals surface area contributed by atoms with Crippen LogP contribution in [0.2, 0.25) is 0 Å². The van der Waals surface area contributed by atoms with Gasteiger partial charge in [0, 0.05) is 19.3 Å². The first-order chi connectivity index (χ1) is 7.54. The maximum atomic E-state index is 10.8. The first kappa shape index (κ1) is 12.4. The number of anilines is 1. The highest BCUT2D eigenvalue weighted by Crippen LogP contribution is 2.09.